The van der Waals surface area contributed by atoms with Crippen LogP contribution in [0.15, 0.2) is 24.3 Å². The minimum atomic E-state index is -0.148. The molecule has 15 heavy (non-hydrogen) atoms. The van der Waals surface area contributed by atoms with Crippen LogP contribution >= 0.6 is 24.2 Å². The molecular weight excluding hydrogens is 232 g/mol. The van der Waals surface area contributed by atoms with Gasteiger partial charge in [0.1, 0.15) is 0 Å². The average Bonchev–Trinajstić information content (AvgIpc) is 2.61. The summed E-state index contributed by atoms with van der Waals surface area (Å²) in [5.41, 5.74) is 1.09. The molecule has 1 aliphatic rings. The third-order valence-corrected chi connectivity index (χ3v) is 3.33. The number of carbonyl (C=O) groups is 1. The fourth-order valence-electron chi connectivity index (χ4n) is 1.80. The van der Waals surface area contributed by atoms with Gasteiger partial charge in [-0.05, 0) is 17.7 Å². The van der Waals surface area contributed by atoms with Crippen molar-refractivity contribution in [1.82, 2.24) is 0 Å². The zero-order valence-corrected chi connectivity index (χ0v) is 9.67. The van der Waals surface area contributed by atoms with Gasteiger partial charge in [-0.25, -0.2) is 0 Å². The van der Waals surface area contributed by atoms with Gasteiger partial charge < -0.3 is 4.74 Å². The Morgan fingerprint density at radius 2 is 2.07 bits per heavy atom. The summed E-state index contributed by atoms with van der Waals surface area (Å²) in [5, 5.41) is 0.700. The third-order valence-electron chi connectivity index (χ3n) is 2.69. The number of cyclic esters (lactones) is 1. The van der Waals surface area contributed by atoms with Gasteiger partial charge in [0, 0.05) is 16.7 Å². The van der Waals surface area contributed by atoms with E-state index >= 15 is 0 Å². The van der Waals surface area contributed by atoms with Crippen LogP contribution in [0.1, 0.15) is 11.5 Å². The van der Waals surface area contributed by atoms with E-state index in [9.17, 15) is 4.79 Å². The molecule has 2 unspecified atom stereocenters. The van der Waals surface area contributed by atoms with Crippen LogP contribution < -0.4 is 0 Å². The fourth-order valence-corrected chi connectivity index (χ4v) is 2.33. The van der Waals surface area contributed by atoms with Crippen LogP contribution in [-0.4, -0.2) is 18.3 Å². The molecule has 0 amide bonds. The van der Waals surface area contributed by atoms with Crippen LogP contribution in [0.3, 0.4) is 0 Å². The zero-order chi connectivity index (χ0) is 10.8. The summed E-state index contributed by atoms with van der Waals surface area (Å²) >= 11 is 9.98. The van der Waals surface area contributed by atoms with Crippen molar-refractivity contribution >= 4 is 30.2 Å². The molecule has 0 radical (unpaired) electrons. The van der Waals surface area contributed by atoms with Gasteiger partial charge in [0.25, 0.3) is 0 Å². The SMILES string of the molecule is O=C1OCC(c2ccc(Cl)cc2)C1CS. The largest absolute Gasteiger partial charge is 0.465 e. The molecule has 1 fully saturated rings. The number of carbonyl (C=O) groups excluding carboxylic acids is 1. The van der Waals surface area contributed by atoms with E-state index in [0.29, 0.717) is 17.4 Å². The van der Waals surface area contributed by atoms with Crippen LogP contribution in [0, 0.1) is 5.92 Å². The van der Waals surface area contributed by atoms with Crippen LogP contribution in [0.2, 0.25) is 5.02 Å². The van der Waals surface area contributed by atoms with Crippen molar-refractivity contribution in [3.05, 3.63) is 34.9 Å². The number of esters is 1. The summed E-state index contributed by atoms with van der Waals surface area (Å²) in [5.74, 6) is 0.360. The summed E-state index contributed by atoms with van der Waals surface area (Å²) in [6.45, 7) is 0.450. The number of halogens is 1. The number of thiol groups is 1. The van der Waals surface area contributed by atoms with E-state index in [0.717, 1.165) is 5.56 Å². The molecule has 2 rings (SSSR count). The maximum Gasteiger partial charge on any atom is 0.310 e. The number of ether oxygens (including phenoxy) is 1. The Morgan fingerprint density at radius 3 is 2.67 bits per heavy atom. The molecule has 0 spiro atoms. The Hall–Kier alpha value is -0.670. The first-order chi connectivity index (χ1) is 7.22. The van der Waals surface area contributed by atoms with Crippen LogP contribution in [0.25, 0.3) is 0 Å². The fraction of sp³-hybridized carbons (Fsp3) is 0.364. The molecule has 1 aromatic carbocycles. The highest BCUT2D eigenvalue weighted by atomic mass is 35.5. The summed E-state index contributed by atoms with van der Waals surface area (Å²) in [6, 6.07) is 7.53. The van der Waals surface area contributed by atoms with E-state index < -0.39 is 0 Å². The molecular formula is C11H11ClO2S. The summed E-state index contributed by atoms with van der Waals surface area (Å²) < 4.78 is 5.03. The van der Waals surface area contributed by atoms with E-state index in [1.165, 1.54) is 0 Å². The second kappa shape index (κ2) is 4.45. The van der Waals surface area contributed by atoms with Crippen LogP contribution in [0.5, 0.6) is 0 Å². The number of hydrogen-bond acceptors (Lipinski definition) is 3. The number of hydrogen-bond donors (Lipinski definition) is 1. The smallest absolute Gasteiger partial charge is 0.310 e. The summed E-state index contributed by atoms with van der Waals surface area (Å²) in [7, 11) is 0. The van der Waals surface area contributed by atoms with Crippen molar-refractivity contribution in [3.63, 3.8) is 0 Å². The van der Waals surface area contributed by atoms with Crippen molar-refractivity contribution in [2.75, 3.05) is 12.4 Å². The molecule has 1 heterocycles. The lowest BCUT2D eigenvalue weighted by molar-refractivity contribution is -0.140. The minimum absolute atomic E-state index is 0.118. The maximum atomic E-state index is 11.4. The second-order valence-electron chi connectivity index (χ2n) is 3.58. The minimum Gasteiger partial charge on any atom is -0.465 e. The van der Waals surface area contributed by atoms with Crippen molar-refractivity contribution in [2.24, 2.45) is 5.92 Å². The first kappa shape index (κ1) is 10.8. The standard InChI is InChI=1S/C11H11ClO2S/c12-8-3-1-7(2-4-8)9-5-14-11(13)10(9)6-15/h1-4,9-10,15H,5-6H2. The summed E-state index contributed by atoms with van der Waals surface area (Å²) in [6.07, 6.45) is 0. The lowest BCUT2D eigenvalue weighted by Crippen LogP contribution is -2.16. The topological polar surface area (TPSA) is 26.3 Å². The van der Waals surface area contributed by atoms with Gasteiger partial charge >= 0.3 is 5.97 Å². The molecule has 0 bridgehead atoms. The van der Waals surface area contributed by atoms with Crippen molar-refractivity contribution in [1.29, 1.82) is 0 Å². The lowest BCUT2D eigenvalue weighted by Gasteiger charge is -2.12. The number of rotatable bonds is 2. The van der Waals surface area contributed by atoms with Crippen molar-refractivity contribution in [3.8, 4) is 0 Å². The maximum absolute atomic E-state index is 11.4. The normalized spacial score (nSPS) is 25.3. The Bertz CT molecular complexity index is 363. The zero-order valence-electron chi connectivity index (χ0n) is 8.02. The van der Waals surface area contributed by atoms with E-state index in [1.807, 2.05) is 24.3 Å². The predicted octanol–water partition coefficient (Wildman–Crippen LogP) is 2.53. The van der Waals surface area contributed by atoms with E-state index in [2.05, 4.69) is 12.6 Å². The molecule has 0 saturated carbocycles. The first-order valence-electron chi connectivity index (χ1n) is 4.75. The quantitative estimate of drug-likeness (QED) is 0.637. The molecule has 0 aliphatic carbocycles. The van der Waals surface area contributed by atoms with E-state index in [-0.39, 0.29) is 17.8 Å². The number of benzene rings is 1. The van der Waals surface area contributed by atoms with Crippen LogP contribution in [-0.2, 0) is 9.53 Å². The lowest BCUT2D eigenvalue weighted by atomic mass is 9.90. The highest BCUT2D eigenvalue weighted by Crippen LogP contribution is 2.33. The van der Waals surface area contributed by atoms with Crippen molar-refractivity contribution in [2.45, 2.75) is 5.92 Å². The van der Waals surface area contributed by atoms with Gasteiger partial charge in [-0.2, -0.15) is 12.6 Å². The van der Waals surface area contributed by atoms with E-state index in [4.69, 9.17) is 16.3 Å². The second-order valence-corrected chi connectivity index (χ2v) is 4.38. The molecule has 4 heteroatoms. The molecule has 2 nitrogen and oxygen atoms in total. The Labute approximate surface area is 99.0 Å². The van der Waals surface area contributed by atoms with Gasteiger partial charge in [-0.1, -0.05) is 23.7 Å². The summed E-state index contributed by atoms with van der Waals surface area (Å²) in [4.78, 5) is 11.4. The third kappa shape index (κ3) is 2.13. The van der Waals surface area contributed by atoms with Gasteiger partial charge in [0.05, 0.1) is 12.5 Å². The highest BCUT2D eigenvalue weighted by Gasteiger charge is 2.36. The Morgan fingerprint density at radius 1 is 1.40 bits per heavy atom. The van der Waals surface area contributed by atoms with Gasteiger partial charge in [-0.3, -0.25) is 4.79 Å². The highest BCUT2D eigenvalue weighted by molar-refractivity contribution is 7.80. The molecule has 0 aromatic heterocycles. The molecule has 2 atom stereocenters. The van der Waals surface area contributed by atoms with Gasteiger partial charge in [0.15, 0.2) is 0 Å². The van der Waals surface area contributed by atoms with Gasteiger partial charge in [-0.15, -0.1) is 0 Å². The molecule has 80 valence electrons. The van der Waals surface area contributed by atoms with Crippen molar-refractivity contribution < 1.29 is 9.53 Å². The molecule has 1 saturated heterocycles. The molecule has 1 aromatic rings. The average molecular weight is 243 g/mol. The first-order valence-corrected chi connectivity index (χ1v) is 5.76. The monoisotopic (exact) mass is 242 g/mol. The van der Waals surface area contributed by atoms with Gasteiger partial charge in [0.2, 0.25) is 0 Å². The van der Waals surface area contributed by atoms with Crippen LogP contribution in [0.4, 0.5) is 0 Å². The predicted molar refractivity (Wildman–Crippen MR) is 62.5 cm³/mol. The molecule has 1 aliphatic heterocycles. The molecule has 0 N–H and O–H groups in total. The Kier molecular flexibility index (Phi) is 3.22. The van der Waals surface area contributed by atoms with E-state index in [1.54, 1.807) is 0 Å². The Balaban J connectivity index is 2.23.